The Hall–Kier alpha value is -4.79. The predicted molar refractivity (Wildman–Crippen MR) is 180 cm³/mol. The molecule has 1 aromatic heterocycles. The van der Waals surface area contributed by atoms with Gasteiger partial charge in [-0.3, -0.25) is 4.98 Å². The van der Waals surface area contributed by atoms with Crippen molar-refractivity contribution in [1.29, 1.82) is 5.41 Å². The van der Waals surface area contributed by atoms with Crippen molar-refractivity contribution in [2.75, 3.05) is 14.2 Å². The molecule has 0 amide bonds. The molecule has 6 nitrogen and oxygen atoms in total. The van der Waals surface area contributed by atoms with E-state index in [1.54, 1.807) is 18.2 Å². The molecule has 0 radical (unpaired) electrons. The number of hydrogen-bond acceptors (Lipinski definition) is 6. The summed E-state index contributed by atoms with van der Waals surface area (Å²) in [7, 11) is 2.87. The number of hydrogen-bond donors (Lipinski definition) is 2. The Kier molecular flexibility index (Phi) is 16.6. The van der Waals surface area contributed by atoms with Crippen LogP contribution in [0.1, 0.15) is 14.4 Å². The average molecular weight is 730 g/mol. The summed E-state index contributed by atoms with van der Waals surface area (Å²) in [6, 6.07) is 12.0. The molecule has 0 aliphatic rings. The van der Waals surface area contributed by atoms with Crippen molar-refractivity contribution < 1.29 is 43.9 Å². The summed E-state index contributed by atoms with van der Waals surface area (Å²) >= 11 is 3.46. The summed E-state index contributed by atoms with van der Waals surface area (Å²) in [5.41, 5.74) is 5.90. The lowest BCUT2D eigenvalue weighted by atomic mass is 9.98. The number of halogens is 8. The number of aromatic nitrogens is 1. The van der Waals surface area contributed by atoms with Gasteiger partial charge in [0, 0.05) is 27.7 Å². The number of pyridine rings is 1. The van der Waals surface area contributed by atoms with Gasteiger partial charge in [0.25, 0.3) is 0 Å². The van der Waals surface area contributed by atoms with Crippen molar-refractivity contribution in [1.82, 2.24) is 4.98 Å². The van der Waals surface area contributed by atoms with E-state index < -0.39 is 62.4 Å². The van der Waals surface area contributed by atoms with Crippen molar-refractivity contribution in [2.24, 2.45) is 5.73 Å². The van der Waals surface area contributed by atoms with Crippen molar-refractivity contribution in [2.45, 2.75) is 19.2 Å². The molecule has 262 valence electrons. The molecule has 15 heteroatoms. The zero-order chi connectivity index (χ0) is 36.3. The summed E-state index contributed by atoms with van der Waals surface area (Å²) in [6.45, 7) is 7.75. The van der Waals surface area contributed by atoms with Crippen LogP contribution in [0, 0.1) is 46.1 Å². The number of nitrogens with zero attached hydrogens (tertiary/aromatic N) is 1. The molecule has 0 saturated carbocycles. The second-order valence-corrected chi connectivity index (χ2v) is 10.3. The van der Waals surface area contributed by atoms with Crippen molar-refractivity contribution in [3.63, 3.8) is 0 Å². The van der Waals surface area contributed by atoms with Crippen molar-refractivity contribution in [3.8, 4) is 33.9 Å². The molecule has 3 N–H and O–H groups in total. The van der Waals surface area contributed by atoms with Gasteiger partial charge in [-0.25, -0.2) is 26.2 Å². The lowest BCUT2D eigenvalue weighted by Gasteiger charge is -2.15. The molecule has 0 bridgehead atoms. The van der Waals surface area contributed by atoms with Crippen LogP contribution < -0.4 is 14.7 Å². The number of rotatable bonds is 6. The monoisotopic (exact) mass is 729 g/mol. The molecule has 4 aromatic carbocycles. The standard InChI is InChI=1S/C28H13ClF7NO3S.C3H6.CH5N.CH3N.CH4/c1-39-20-11-15(12-3-2-4-14(30)7-12)18(29)9-17(20)27-16-10-19(31)21(8-13(16)5-6-37-27)41(38)40-28-25(35)23(33)22(32)24(34)26(28)36;1-3-2;2*1-2;/h2-11H,1H3;3H,1H2,2H3;2H2,1H3;2H,1H2;1H4. The molecule has 0 spiro atoms. The van der Waals surface area contributed by atoms with Crippen molar-refractivity contribution in [3.05, 3.63) is 119 Å². The van der Waals surface area contributed by atoms with Crippen LogP contribution in [0.4, 0.5) is 30.7 Å². The normalized spacial score (nSPS) is 10.5. The minimum atomic E-state index is -3.04. The van der Waals surface area contributed by atoms with Gasteiger partial charge in [-0.2, -0.15) is 8.78 Å². The third-order valence-corrected chi connectivity index (χ3v) is 7.31. The van der Waals surface area contributed by atoms with Crippen LogP contribution in [-0.2, 0) is 11.1 Å². The highest BCUT2D eigenvalue weighted by molar-refractivity contribution is 7.80. The first-order valence-electron chi connectivity index (χ1n) is 13.3. The van der Waals surface area contributed by atoms with Crippen LogP contribution in [0.25, 0.3) is 33.2 Å². The van der Waals surface area contributed by atoms with Gasteiger partial charge in [-0.1, -0.05) is 37.2 Å². The van der Waals surface area contributed by atoms with Crippen molar-refractivity contribution >= 4 is 40.2 Å². The highest BCUT2D eigenvalue weighted by Crippen LogP contribution is 2.41. The minimum absolute atomic E-state index is 0. The van der Waals surface area contributed by atoms with Gasteiger partial charge < -0.3 is 20.1 Å². The number of allylic oxidation sites excluding steroid dienone is 1. The fraction of sp³-hybridized carbons (Fsp3) is 0.118. The van der Waals surface area contributed by atoms with E-state index in [9.17, 15) is 30.6 Å². The van der Waals surface area contributed by atoms with Gasteiger partial charge >= 0.3 is 0 Å². The molecule has 0 fully saturated rings. The third kappa shape index (κ3) is 9.22. The van der Waals surface area contributed by atoms with Gasteiger partial charge in [-0.15, -0.1) is 6.58 Å². The summed E-state index contributed by atoms with van der Waals surface area (Å²) in [4.78, 5) is 3.54. The van der Waals surface area contributed by atoms with Crippen LogP contribution in [0.15, 0.2) is 78.3 Å². The SMILES string of the molecule is C.C=CC.C=N.CN.COc1cc(-c2cccc(F)c2)c(Cl)cc1-c1nccc2cc(S(=O)Oc3c(F)c(F)c(F)c(F)c3F)c(F)cc12. The molecule has 0 aliphatic carbocycles. The second-order valence-electron chi connectivity index (χ2n) is 8.83. The number of ether oxygens (including phenoxy) is 1. The van der Waals surface area contributed by atoms with E-state index in [0.717, 1.165) is 12.1 Å². The van der Waals surface area contributed by atoms with E-state index in [0.29, 0.717) is 16.7 Å². The summed E-state index contributed by atoms with van der Waals surface area (Å²) in [6.07, 6.45) is 3.07. The van der Waals surface area contributed by atoms with Gasteiger partial charge in [0.05, 0.1) is 12.8 Å². The predicted octanol–water partition coefficient (Wildman–Crippen LogP) is 9.98. The van der Waals surface area contributed by atoms with Crippen LogP contribution >= 0.6 is 11.6 Å². The second kappa shape index (κ2) is 19.3. The largest absolute Gasteiger partial charge is 0.496 e. The highest BCUT2D eigenvalue weighted by Gasteiger charge is 2.29. The molecule has 5 rings (SSSR count). The molecular formula is C34H31ClF7N3O3S. The Bertz CT molecular complexity index is 1940. The maximum Gasteiger partial charge on any atom is 0.243 e. The molecule has 1 unspecified atom stereocenters. The lowest BCUT2D eigenvalue weighted by Crippen LogP contribution is -2.10. The Morgan fingerprint density at radius 2 is 1.45 bits per heavy atom. The Labute approximate surface area is 286 Å². The smallest absolute Gasteiger partial charge is 0.243 e. The van der Waals surface area contributed by atoms with E-state index in [-0.39, 0.29) is 34.7 Å². The van der Waals surface area contributed by atoms with Gasteiger partial charge in [0.1, 0.15) is 22.3 Å². The van der Waals surface area contributed by atoms with E-state index >= 15 is 4.39 Å². The quantitative estimate of drug-likeness (QED) is 0.0596. The molecule has 0 aliphatic heterocycles. The number of fused-ring (bicyclic) bond motifs is 1. The van der Waals surface area contributed by atoms with Gasteiger partial charge in [-0.05, 0) is 74.1 Å². The fourth-order valence-electron chi connectivity index (χ4n) is 4.08. The first-order chi connectivity index (χ1) is 22.9. The lowest BCUT2D eigenvalue weighted by molar-refractivity contribution is 0.352. The molecule has 1 atom stereocenters. The number of methoxy groups -OCH3 is 1. The zero-order valence-corrected chi connectivity index (χ0v) is 27.0. The fourth-order valence-corrected chi connectivity index (χ4v) is 5.18. The zero-order valence-electron chi connectivity index (χ0n) is 25.4. The highest BCUT2D eigenvalue weighted by atomic mass is 35.5. The van der Waals surface area contributed by atoms with Gasteiger partial charge in [0.15, 0.2) is 0 Å². The number of nitrogens with one attached hydrogen (secondary N) is 1. The van der Waals surface area contributed by atoms with E-state index in [1.807, 2.05) is 6.92 Å². The number of benzene rings is 4. The van der Waals surface area contributed by atoms with Crippen LogP contribution in [-0.4, -0.2) is 30.1 Å². The van der Waals surface area contributed by atoms with Crippen LogP contribution in [0.2, 0.25) is 5.02 Å². The molecule has 0 saturated heterocycles. The molecular weight excluding hydrogens is 699 g/mol. The first kappa shape index (κ1) is 42.2. The average Bonchev–Trinajstić information content (AvgIpc) is 3.09. The third-order valence-electron chi connectivity index (χ3n) is 6.00. The molecule has 49 heavy (non-hydrogen) atoms. The Balaban J connectivity index is 0.00000140. The van der Waals surface area contributed by atoms with E-state index in [2.05, 4.69) is 28.2 Å². The topological polar surface area (TPSA) is 98.3 Å². The van der Waals surface area contributed by atoms with E-state index in [1.165, 1.54) is 50.7 Å². The minimum Gasteiger partial charge on any atom is -0.496 e. The first-order valence-corrected chi connectivity index (χ1v) is 14.7. The van der Waals surface area contributed by atoms with Crippen LogP contribution in [0.3, 0.4) is 0 Å². The number of nitrogens with two attached hydrogens (primary N) is 1. The summed E-state index contributed by atoms with van der Waals surface area (Å²) in [5, 5.41) is 6.07. The maximum absolute atomic E-state index is 15.2. The Morgan fingerprint density at radius 1 is 0.878 bits per heavy atom. The summed E-state index contributed by atoms with van der Waals surface area (Å²) < 4.78 is 120. The molecule has 1 heterocycles. The Morgan fingerprint density at radius 3 is 2.00 bits per heavy atom. The maximum atomic E-state index is 15.2. The van der Waals surface area contributed by atoms with E-state index in [4.69, 9.17) is 21.7 Å². The molecule has 5 aromatic rings. The van der Waals surface area contributed by atoms with Gasteiger partial charge in [0.2, 0.25) is 45.9 Å². The summed E-state index contributed by atoms with van der Waals surface area (Å²) in [5.74, 6) is -15.1. The van der Waals surface area contributed by atoms with Crippen LogP contribution in [0.5, 0.6) is 11.5 Å².